The van der Waals surface area contributed by atoms with Gasteiger partial charge in [-0.3, -0.25) is 9.78 Å². The normalized spacial score (nSPS) is 22.0. The molecule has 1 aliphatic heterocycles. The molecule has 8 nitrogen and oxygen atoms in total. The van der Waals surface area contributed by atoms with Gasteiger partial charge in [-0.2, -0.15) is 0 Å². The Morgan fingerprint density at radius 2 is 1.77 bits per heavy atom. The van der Waals surface area contributed by atoms with Gasteiger partial charge in [0.25, 0.3) is 5.91 Å². The van der Waals surface area contributed by atoms with Crippen molar-refractivity contribution >= 4 is 5.91 Å². The number of fused-ring (bicyclic) bond motifs is 2. The molecule has 31 heavy (non-hydrogen) atoms. The maximum Gasteiger partial charge on any atom is 0.317 e. The maximum absolute atomic E-state index is 13.6. The molecule has 3 aromatic heterocycles. The van der Waals surface area contributed by atoms with E-state index in [9.17, 15) is 4.79 Å². The van der Waals surface area contributed by atoms with Gasteiger partial charge in [-0.25, -0.2) is 19.9 Å². The maximum atomic E-state index is 13.6. The Kier molecular flexibility index (Phi) is 4.84. The predicted molar refractivity (Wildman–Crippen MR) is 113 cm³/mol. The molecule has 0 unspecified atom stereocenters. The lowest BCUT2D eigenvalue weighted by Gasteiger charge is -2.33. The summed E-state index contributed by atoms with van der Waals surface area (Å²) in [7, 11) is 0. The first-order valence-corrected chi connectivity index (χ1v) is 10.5. The lowest BCUT2D eigenvalue weighted by atomic mass is 10.1. The van der Waals surface area contributed by atoms with Gasteiger partial charge in [0.1, 0.15) is 11.8 Å². The first-order valence-electron chi connectivity index (χ1n) is 10.5. The molecule has 3 atom stereocenters. The van der Waals surface area contributed by atoms with E-state index in [-0.39, 0.29) is 18.1 Å². The number of carbonyl (C=O) groups is 1. The number of hydrogen-bond donors (Lipinski definition) is 0. The summed E-state index contributed by atoms with van der Waals surface area (Å²) in [5.41, 5.74) is 3.73. The van der Waals surface area contributed by atoms with E-state index in [1.807, 2.05) is 37.8 Å². The predicted octanol–water partition coefficient (Wildman–Crippen LogP) is 2.94. The third-order valence-electron chi connectivity index (χ3n) is 5.94. The number of aryl methyl sites for hydroxylation is 3. The van der Waals surface area contributed by atoms with Crippen LogP contribution >= 0.6 is 0 Å². The molecule has 3 aromatic rings. The Morgan fingerprint density at radius 1 is 1.03 bits per heavy atom. The Hall–Kier alpha value is -3.42. The van der Waals surface area contributed by atoms with Crippen molar-refractivity contribution in [2.24, 2.45) is 5.92 Å². The van der Waals surface area contributed by atoms with Gasteiger partial charge in [-0.05, 0) is 63.3 Å². The van der Waals surface area contributed by atoms with Gasteiger partial charge < -0.3 is 9.64 Å². The van der Waals surface area contributed by atoms with Crippen LogP contribution in [0.3, 0.4) is 0 Å². The number of carbonyl (C=O) groups excluding carboxylic acids is 1. The summed E-state index contributed by atoms with van der Waals surface area (Å²) in [6, 6.07) is 5.95. The molecule has 0 radical (unpaired) electrons. The van der Waals surface area contributed by atoms with Crippen LogP contribution < -0.4 is 4.74 Å². The summed E-state index contributed by atoms with van der Waals surface area (Å²) in [6.07, 6.45) is 6.76. The monoisotopic (exact) mass is 416 g/mol. The molecule has 2 bridgehead atoms. The number of amides is 1. The second-order valence-electron chi connectivity index (χ2n) is 8.43. The number of hydrogen-bond acceptors (Lipinski definition) is 7. The molecule has 1 amide bonds. The molecule has 5 rings (SSSR count). The highest BCUT2D eigenvalue weighted by Gasteiger charge is 2.49. The van der Waals surface area contributed by atoms with Gasteiger partial charge in [0.2, 0.25) is 0 Å². The third-order valence-corrected chi connectivity index (χ3v) is 5.94. The molecule has 2 fully saturated rings. The molecule has 2 aliphatic rings. The second-order valence-corrected chi connectivity index (χ2v) is 8.43. The largest absolute Gasteiger partial charge is 0.458 e. The number of rotatable bonds is 4. The first kappa shape index (κ1) is 19.5. The molecule has 0 aromatic carbocycles. The van der Waals surface area contributed by atoms with E-state index in [2.05, 4.69) is 24.9 Å². The zero-order valence-electron chi connectivity index (χ0n) is 17.8. The van der Waals surface area contributed by atoms with E-state index in [4.69, 9.17) is 4.74 Å². The topological polar surface area (TPSA) is 94.0 Å². The fourth-order valence-corrected chi connectivity index (χ4v) is 4.69. The summed E-state index contributed by atoms with van der Waals surface area (Å²) < 4.78 is 6.16. The SMILES string of the molecule is Cc1cnc(C(=O)N2C[C@H]3C[C@@H](Oc4nc(C)cc(C)n4)[C@@H]2C3)c(-c2ncccn2)c1. The quantitative estimate of drug-likeness (QED) is 0.645. The third kappa shape index (κ3) is 3.73. The number of ether oxygens (including phenoxy) is 1. The van der Waals surface area contributed by atoms with E-state index in [0.29, 0.717) is 35.6 Å². The highest BCUT2D eigenvalue weighted by atomic mass is 16.5. The van der Waals surface area contributed by atoms with Crippen molar-refractivity contribution in [1.82, 2.24) is 29.8 Å². The van der Waals surface area contributed by atoms with Gasteiger partial charge >= 0.3 is 6.01 Å². The average Bonchev–Trinajstić information content (AvgIpc) is 3.34. The van der Waals surface area contributed by atoms with Crippen LogP contribution in [0.25, 0.3) is 11.4 Å². The van der Waals surface area contributed by atoms with Gasteiger partial charge in [-0.1, -0.05) is 0 Å². The van der Waals surface area contributed by atoms with Crippen LogP contribution in [0.1, 0.15) is 40.3 Å². The van der Waals surface area contributed by atoms with Gasteiger partial charge in [0.15, 0.2) is 5.82 Å². The molecule has 158 valence electrons. The number of pyridine rings is 1. The van der Waals surface area contributed by atoms with Crippen LogP contribution in [-0.2, 0) is 0 Å². The summed E-state index contributed by atoms with van der Waals surface area (Å²) >= 11 is 0. The van der Waals surface area contributed by atoms with Crippen molar-refractivity contribution in [1.29, 1.82) is 0 Å². The lowest BCUT2D eigenvalue weighted by Crippen LogP contribution is -2.47. The van der Waals surface area contributed by atoms with Crippen LogP contribution in [0, 0.1) is 26.7 Å². The van der Waals surface area contributed by atoms with Crippen LogP contribution in [0.4, 0.5) is 0 Å². The summed E-state index contributed by atoms with van der Waals surface area (Å²) in [4.78, 5) is 37.4. The lowest BCUT2D eigenvalue weighted by molar-refractivity contribution is 0.0447. The highest BCUT2D eigenvalue weighted by Crippen LogP contribution is 2.40. The Labute approximate surface area is 180 Å². The van der Waals surface area contributed by atoms with E-state index >= 15 is 0 Å². The minimum atomic E-state index is -0.120. The zero-order valence-corrected chi connectivity index (χ0v) is 17.8. The highest BCUT2D eigenvalue weighted by molar-refractivity contribution is 5.98. The summed E-state index contributed by atoms with van der Waals surface area (Å²) in [5.74, 6) is 0.805. The number of piperidine rings is 1. The number of aromatic nitrogens is 5. The summed E-state index contributed by atoms with van der Waals surface area (Å²) in [5, 5.41) is 0. The van der Waals surface area contributed by atoms with Crippen LogP contribution in [0.5, 0.6) is 6.01 Å². The van der Waals surface area contributed by atoms with Crippen LogP contribution in [0.15, 0.2) is 36.8 Å². The molecule has 4 heterocycles. The van der Waals surface area contributed by atoms with Crippen LogP contribution in [-0.4, -0.2) is 54.4 Å². The molecule has 1 saturated heterocycles. The minimum absolute atomic E-state index is 0.0189. The molecule has 0 N–H and O–H groups in total. The first-order chi connectivity index (χ1) is 15.0. The second kappa shape index (κ2) is 7.68. The van der Waals surface area contributed by atoms with Gasteiger partial charge in [0, 0.05) is 36.5 Å². The Morgan fingerprint density at radius 3 is 2.48 bits per heavy atom. The van der Waals surface area contributed by atoms with Gasteiger partial charge in [0.05, 0.1) is 11.6 Å². The Balaban J connectivity index is 1.42. The van der Waals surface area contributed by atoms with E-state index in [0.717, 1.165) is 29.8 Å². The summed E-state index contributed by atoms with van der Waals surface area (Å²) in [6.45, 7) is 6.50. The molecule has 1 saturated carbocycles. The standard InChI is InChI=1S/C23H24N6O2/c1-13-7-17(21-24-5-4-6-25-21)20(26-11-13)22(30)29-12-16-9-18(29)19(10-16)31-23-27-14(2)8-15(3)28-23/h4-8,11,16,18-19H,9-10,12H2,1-3H3/t16-,18+,19-/m1/s1. The van der Waals surface area contributed by atoms with Crippen LogP contribution in [0.2, 0.25) is 0 Å². The van der Waals surface area contributed by atoms with Crippen molar-refractivity contribution < 1.29 is 9.53 Å². The van der Waals surface area contributed by atoms with Crippen molar-refractivity contribution in [2.75, 3.05) is 6.54 Å². The number of nitrogens with zero attached hydrogens (tertiary/aromatic N) is 6. The van der Waals surface area contributed by atoms with Crippen molar-refractivity contribution in [2.45, 2.75) is 45.8 Å². The minimum Gasteiger partial charge on any atom is -0.458 e. The average molecular weight is 416 g/mol. The fourth-order valence-electron chi connectivity index (χ4n) is 4.69. The number of likely N-dealkylation sites (tertiary alicyclic amines) is 1. The van der Waals surface area contributed by atoms with Crippen molar-refractivity contribution in [3.05, 3.63) is 59.4 Å². The molecule has 8 heteroatoms. The fraction of sp³-hybridized carbons (Fsp3) is 0.391. The molecular formula is C23H24N6O2. The van der Waals surface area contributed by atoms with Crippen molar-refractivity contribution in [3.63, 3.8) is 0 Å². The molecule has 1 aliphatic carbocycles. The smallest absolute Gasteiger partial charge is 0.317 e. The Bertz CT molecular complexity index is 1120. The van der Waals surface area contributed by atoms with E-state index in [1.165, 1.54) is 0 Å². The molecule has 0 spiro atoms. The zero-order chi connectivity index (χ0) is 21.5. The molecular weight excluding hydrogens is 392 g/mol. The van der Waals surface area contributed by atoms with Gasteiger partial charge in [-0.15, -0.1) is 0 Å². The van der Waals surface area contributed by atoms with Crippen molar-refractivity contribution in [3.8, 4) is 17.4 Å². The van der Waals surface area contributed by atoms with E-state index < -0.39 is 0 Å². The van der Waals surface area contributed by atoms with E-state index in [1.54, 1.807) is 24.7 Å².